The van der Waals surface area contributed by atoms with Gasteiger partial charge in [-0.15, -0.1) is 5.10 Å². The van der Waals surface area contributed by atoms with Crippen molar-refractivity contribution in [1.82, 2.24) is 20.3 Å². The topological polar surface area (TPSA) is 118 Å². The van der Waals surface area contributed by atoms with E-state index in [4.69, 9.17) is 0 Å². The van der Waals surface area contributed by atoms with E-state index in [1.54, 1.807) is 23.0 Å². The fraction of sp³-hybridized carbons (Fsp3) is 0.524. The first-order chi connectivity index (χ1) is 14.3. The van der Waals surface area contributed by atoms with E-state index in [1.165, 1.54) is 18.6 Å². The van der Waals surface area contributed by atoms with Crippen molar-refractivity contribution in [1.29, 1.82) is 5.26 Å². The molecule has 2 fully saturated rings. The minimum atomic E-state index is -3.41. The number of sulfone groups is 1. The maximum absolute atomic E-state index is 13.0. The molecule has 1 atom stereocenters. The van der Waals surface area contributed by atoms with Crippen LogP contribution in [0.4, 0.5) is 0 Å². The minimum Gasteiger partial charge on any atom is -0.343 e. The Morgan fingerprint density at radius 2 is 2.03 bits per heavy atom. The van der Waals surface area contributed by atoms with Crippen LogP contribution in [0.2, 0.25) is 0 Å². The normalized spacial score (nSPS) is 19.6. The Morgan fingerprint density at radius 1 is 1.30 bits per heavy atom. The third kappa shape index (κ3) is 4.10. The number of hydrogen-bond donors (Lipinski definition) is 1. The number of amides is 1. The van der Waals surface area contributed by atoms with Gasteiger partial charge in [0.25, 0.3) is 5.91 Å². The first-order valence-corrected chi connectivity index (χ1v) is 12.2. The monoisotopic (exact) mass is 427 g/mol. The Morgan fingerprint density at radius 3 is 2.67 bits per heavy atom. The summed E-state index contributed by atoms with van der Waals surface area (Å²) < 4.78 is 25.3. The first kappa shape index (κ1) is 20.5. The fourth-order valence-electron chi connectivity index (χ4n) is 4.13. The molecule has 0 saturated heterocycles. The predicted octanol–water partition coefficient (Wildman–Crippen LogP) is 2.75. The number of benzene rings is 1. The predicted molar refractivity (Wildman–Crippen MR) is 109 cm³/mol. The molecule has 1 N–H and O–H groups in total. The molecule has 8 nitrogen and oxygen atoms in total. The highest BCUT2D eigenvalue weighted by atomic mass is 32.2. The van der Waals surface area contributed by atoms with Crippen LogP contribution in [0.25, 0.3) is 0 Å². The highest BCUT2D eigenvalue weighted by Crippen LogP contribution is 2.43. The van der Waals surface area contributed by atoms with Crippen molar-refractivity contribution in [2.75, 3.05) is 6.26 Å². The van der Waals surface area contributed by atoms with E-state index in [0.29, 0.717) is 11.3 Å². The SMILES string of the molecule is CS(=O)(=O)c1cccc(C(=O)NC(c2cn(C3(C#N)CC3)nn2)C2CCCCC2)c1. The van der Waals surface area contributed by atoms with Gasteiger partial charge in [-0.05, 0) is 49.8 Å². The molecule has 0 aliphatic heterocycles. The summed E-state index contributed by atoms with van der Waals surface area (Å²) in [6.07, 6.45) is 9.73. The van der Waals surface area contributed by atoms with Gasteiger partial charge in [-0.1, -0.05) is 30.5 Å². The summed E-state index contributed by atoms with van der Waals surface area (Å²) in [7, 11) is -3.41. The lowest BCUT2D eigenvalue weighted by Gasteiger charge is -2.29. The number of aromatic nitrogens is 3. The molecule has 1 aromatic heterocycles. The number of hydrogen-bond acceptors (Lipinski definition) is 6. The summed E-state index contributed by atoms with van der Waals surface area (Å²) in [4.78, 5) is 13.1. The summed E-state index contributed by atoms with van der Waals surface area (Å²) in [5, 5.41) is 21.0. The minimum absolute atomic E-state index is 0.111. The van der Waals surface area contributed by atoms with Crippen LogP contribution in [0, 0.1) is 17.2 Å². The number of rotatable bonds is 6. The maximum atomic E-state index is 13.0. The van der Waals surface area contributed by atoms with E-state index in [-0.39, 0.29) is 22.8 Å². The molecule has 1 amide bonds. The first-order valence-electron chi connectivity index (χ1n) is 10.3. The molecule has 9 heteroatoms. The number of nitrogens with zero attached hydrogens (tertiary/aromatic N) is 4. The van der Waals surface area contributed by atoms with Crippen LogP contribution in [0.3, 0.4) is 0 Å². The van der Waals surface area contributed by atoms with E-state index in [2.05, 4.69) is 21.7 Å². The van der Waals surface area contributed by atoms with E-state index >= 15 is 0 Å². The molecule has 2 saturated carbocycles. The molecule has 158 valence electrons. The maximum Gasteiger partial charge on any atom is 0.251 e. The van der Waals surface area contributed by atoms with E-state index in [0.717, 1.165) is 44.8 Å². The number of carbonyl (C=O) groups is 1. The van der Waals surface area contributed by atoms with Crippen LogP contribution < -0.4 is 5.32 Å². The molecule has 2 aromatic rings. The molecule has 1 aromatic carbocycles. The van der Waals surface area contributed by atoms with Crippen molar-refractivity contribution in [2.24, 2.45) is 5.92 Å². The molecular formula is C21H25N5O3S. The smallest absolute Gasteiger partial charge is 0.251 e. The summed E-state index contributed by atoms with van der Waals surface area (Å²) in [6, 6.07) is 8.02. The quantitative estimate of drug-likeness (QED) is 0.757. The summed E-state index contributed by atoms with van der Waals surface area (Å²) >= 11 is 0. The van der Waals surface area contributed by atoms with Crippen molar-refractivity contribution in [3.63, 3.8) is 0 Å². The Bertz CT molecular complexity index is 1090. The van der Waals surface area contributed by atoms with Crippen LogP contribution >= 0.6 is 0 Å². The van der Waals surface area contributed by atoms with Crippen LogP contribution in [0.5, 0.6) is 0 Å². The van der Waals surface area contributed by atoms with Crippen LogP contribution in [-0.4, -0.2) is 35.6 Å². The molecule has 1 unspecified atom stereocenters. The summed E-state index contributed by atoms with van der Waals surface area (Å²) in [5.74, 6) is -0.116. The van der Waals surface area contributed by atoms with Gasteiger partial charge in [-0.25, -0.2) is 13.1 Å². The summed E-state index contributed by atoms with van der Waals surface area (Å²) in [5.41, 5.74) is 0.341. The largest absolute Gasteiger partial charge is 0.343 e. The number of nitriles is 1. The molecule has 2 aliphatic carbocycles. The zero-order chi connectivity index (χ0) is 21.4. The van der Waals surface area contributed by atoms with Gasteiger partial charge < -0.3 is 5.32 Å². The van der Waals surface area contributed by atoms with Crippen molar-refractivity contribution in [3.05, 3.63) is 41.7 Å². The van der Waals surface area contributed by atoms with Crippen LogP contribution in [0.1, 0.15) is 67.0 Å². The van der Waals surface area contributed by atoms with Gasteiger partial charge in [-0.2, -0.15) is 5.26 Å². The van der Waals surface area contributed by atoms with Gasteiger partial charge in [-0.3, -0.25) is 4.79 Å². The molecule has 0 radical (unpaired) electrons. The second kappa shape index (κ2) is 7.84. The second-order valence-corrected chi connectivity index (χ2v) is 10.4. The van der Waals surface area contributed by atoms with Gasteiger partial charge in [0, 0.05) is 11.8 Å². The van der Waals surface area contributed by atoms with Gasteiger partial charge >= 0.3 is 0 Å². The van der Waals surface area contributed by atoms with E-state index < -0.39 is 15.4 Å². The fourth-order valence-corrected chi connectivity index (χ4v) is 4.80. The zero-order valence-corrected chi connectivity index (χ0v) is 17.7. The lowest BCUT2D eigenvalue weighted by Crippen LogP contribution is -2.35. The van der Waals surface area contributed by atoms with Gasteiger partial charge in [0.2, 0.25) is 0 Å². The Labute approximate surface area is 176 Å². The van der Waals surface area contributed by atoms with Crippen molar-refractivity contribution >= 4 is 15.7 Å². The van der Waals surface area contributed by atoms with E-state index in [1.807, 2.05) is 0 Å². The average molecular weight is 428 g/mol. The lowest BCUT2D eigenvalue weighted by atomic mass is 9.82. The number of carbonyl (C=O) groups excluding carboxylic acids is 1. The number of nitrogens with one attached hydrogen (secondary N) is 1. The molecule has 2 aliphatic rings. The van der Waals surface area contributed by atoms with Gasteiger partial charge in [0.15, 0.2) is 15.4 Å². The Balaban J connectivity index is 1.61. The molecular weight excluding hydrogens is 402 g/mol. The zero-order valence-electron chi connectivity index (χ0n) is 16.9. The highest BCUT2D eigenvalue weighted by molar-refractivity contribution is 7.90. The van der Waals surface area contributed by atoms with Crippen molar-refractivity contribution < 1.29 is 13.2 Å². The highest BCUT2D eigenvalue weighted by Gasteiger charge is 2.47. The van der Waals surface area contributed by atoms with Gasteiger partial charge in [0.1, 0.15) is 5.69 Å². The third-order valence-electron chi connectivity index (χ3n) is 6.13. The van der Waals surface area contributed by atoms with Crippen LogP contribution in [-0.2, 0) is 15.4 Å². The van der Waals surface area contributed by atoms with Crippen LogP contribution in [0.15, 0.2) is 35.4 Å². The standard InChI is InChI=1S/C21H25N5O3S/c1-30(28,29)17-9-5-8-16(12-17)20(27)23-19(15-6-3-2-4-7-15)18-13-26(25-24-18)21(14-22)10-11-21/h5,8-9,12-13,15,19H,2-4,6-7,10-11H2,1H3,(H,23,27). The second-order valence-electron chi connectivity index (χ2n) is 8.38. The summed E-state index contributed by atoms with van der Waals surface area (Å²) in [6.45, 7) is 0. The molecule has 0 spiro atoms. The van der Waals surface area contributed by atoms with E-state index in [9.17, 15) is 18.5 Å². The molecule has 4 rings (SSSR count). The van der Waals surface area contributed by atoms with Crippen molar-refractivity contribution in [2.45, 2.75) is 61.4 Å². The Hall–Kier alpha value is -2.73. The molecule has 30 heavy (non-hydrogen) atoms. The third-order valence-corrected chi connectivity index (χ3v) is 7.24. The van der Waals surface area contributed by atoms with Crippen molar-refractivity contribution in [3.8, 4) is 6.07 Å². The Kier molecular flexibility index (Phi) is 5.36. The lowest BCUT2D eigenvalue weighted by molar-refractivity contribution is 0.0910. The van der Waals surface area contributed by atoms with Gasteiger partial charge in [0.05, 0.1) is 23.2 Å². The average Bonchev–Trinajstić information content (AvgIpc) is 3.40. The molecule has 1 heterocycles. The molecule has 0 bridgehead atoms.